The van der Waals surface area contributed by atoms with Crippen LogP contribution in [0.15, 0.2) is 0 Å². The molecule has 2 heteroatoms. The lowest BCUT2D eigenvalue weighted by Crippen LogP contribution is -2.62. The Bertz CT molecular complexity index is 203. The van der Waals surface area contributed by atoms with Crippen LogP contribution in [0.4, 0.5) is 0 Å². The summed E-state index contributed by atoms with van der Waals surface area (Å²) in [4.78, 5) is 2.63. The van der Waals surface area contributed by atoms with Crippen LogP contribution in [0.3, 0.4) is 0 Å². The average molecular weight is 210 g/mol. The number of nitrogens with two attached hydrogens (primary N) is 1. The molecule has 0 aromatic carbocycles. The van der Waals surface area contributed by atoms with Crippen molar-refractivity contribution >= 4 is 0 Å². The van der Waals surface area contributed by atoms with E-state index in [-0.39, 0.29) is 0 Å². The lowest BCUT2D eigenvalue weighted by atomic mass is 9.67. The molecular formula is C13H26N2. The lowest BCUT2D eigenvalue weighted by molar-refractivity contribution is -0.0311. The Morgan fingerprint density at radius 3 is 2.27 bits per heavy atom. The fourth-order valence-corrected chi connectivity index (χ4v) is 3.69. The predicted molar refractivity (Wildman–Crippen MR) is 64.8 cm³/mol. The molecule has 2 N–H and O–H groups in total. The van der Waals surface area contributed by atoms with Gasteiger partial charge in [-0.2, -0.15) is 0 Å². The zero-order chi connectivity index (χ0) is 10.9. The van der Waals surface area contributed by atoms with Gasteiger partial charge in [0.1, 0.15) is 0 Å². The maximum Gasteiger partial charge on any atom is 0.0336 e. The number of rotatable bonds is 3. The van der Waals surface area contributed by atoms with E-state index in [1.165, 1.54) is 44.9 Å². The molecule has 2 rings (SSSR count). The highest BCUT2D eigenvalue weighted by atomic mass is 15.2. The van der Waals surface area contributed by atoms with Crippen LogP contribution in [-0.4, -0.2) is 30.1 Å². The second-order valence-electron chi connectivity index (χ2n) is 5.84. The summed E-state index contributed by atoms with van der Waals surface area (Å²) < 4.78 is 0. The smallest absolute Gasteiger partial charge is 0.0336 e. The van der Waals surface area contributed by atoms with Crippen LogP contribution in [0.1, 0.15) is 51.9 Å². The van der Waals surface area contributed by atoms with Crippen LogP contribution in [0.2, 0.25) is 0 Å². The van der Waals surface area contributed by atoms with Crippen molar-refractivity contribution in [2.45, 2.75) is 63.5 Å². The molecule has 2 nitrogen and oxygen atoms in total. The summed E-state index contributed by atoms with van der Waals surface area (Å²) in [6.07, 6.45) is 9.71. The van der Waals surface area contributed by atoms with Gasteiger partial charge in [0.25, 0.3) is 0 Å². The van der Waals surface area contributed by atoms with E-state index in [0.717, 1.165) is 18.5 Å². The standard InChI is InChI=1S/C13H26N2/c1-11-8-13(9-11,10-14)15(2)12-6-4-3-5-7-12/h11-12H,3-10,14H2,1-2H3. The minimum atomic E-state index is 0.363. The molecule has 2 aliphatic carbocycles. The maximum absolute atomic E-state index is 6.00. The van der Waals surface area contributed by atoms with Crippen molar-refractivity contribution in [1.82, 2.24) is 4.90 Å². The van der Waals surface area contributed by atoms with Gasteiger partial charge in [-0.05, 0) is 38.6 Å². The Morgan fingerprint density at radius 2 is 1.80 bits per heavy atom. The molecule has 0 radical (unpaired) electrons. The molecule has 0 aromatic rings. The molecule has 0 bridgehead atoms. The van der Waals surface area contributed by atoms with E-state index in [1.807, 2.05) is 0 Å². The predicted octanol–water partition coefficient (Wildman–Crippen LogP) is 2.38. The van der Waals surface area contributed by atoms with Gasteiger partial charge in [-0.1, -0.05) is 26.2 Å². The summed E-state index contributed by atoms with van der Waals surface area (Å²) in [5.41, 5.74) is 6.36. The molecule has 0 spiro atoms. The zero-order valence-corrected chi connectivity index (χ0v) is 10.3. The first-order chi connectivity index (χ1) is 7.18. The van der Waals surface area contributed by atoms with Crippen LogP contribution in [0, 0.1) is 5.92 Å². The second kappa shape index (κ2) is 4.42. The topological polar surface area (TPSA) is 29.3 Å². The second-order valence-corrected chi connectivity index (χ2v) is 5.84. The molecule has 0 amide bonds. The van der Waals surface area contributed by atoms with Gasteiger partial charge < -0.3 is 5.73 Å². The van der Waals surface area contributed by atoms with Crippen molar-refractivity contribution < 1.29 is 0 Å². The Labute approximate surface area is 94.2 Å². The summed E-state index contributed by atoms with van der Waals surface area (Å²) >= 11 is 0. The monoisotopic (exact) mass is 210 g/mol. The molecule has 15 heavy (non-hydrogen) atoms. The van der Waals surface area contributed by atoms with Crippen LogP contribution in [0.5, 0.6) is 0 Å². The van der Waals surface area contributed by atoms with E-state index in [9.17, 15) is 0 Å². The molecule has 0 heterocycles. The Morgan fingerprint density at radius 1 is 1.20 bits per heavy atom. The third-order valence-corrected chi connectivity index (χ3v) is 4.71. The first kappa shape index (κ1) is 11.4. The molecule has 2 fully saturated rings. The number of hydrogen-bond donors (Lipinski definition) is 1. The third kappa shape index (κ3) is 2.07. The minimum absolute atomic E-state index is 0.363. The molecule has 2 saturated carbocycles. The Balaban J connectivity index is 1.95. The highest BCUT2D eigenvalue weighted by Gasteiger charge is 2.46. The Hall–Kier alpha value is -0.0800. The molecule has 0 aromatic heterocycles. The summed E-state index contributed by atoms with van der Waals surface area (Å²) in [7, 11) is 2.31. The highest BCUT2D eigenvalue weighted by molar-refractivity contribution is 5.03. The molecule has 0 aliphatic heterocycles. The van der Waals surface area contributed by atoms with E-state index >= 15 is 0 Å². The van der Waals surface area contributed by atoms with E-state index in [1.54, 1.807) is 0 Å². The summed E-state index contributed by atoms with van der Waals surface area (Å²) in [5.74, 6) is 0.889. The van der Waals surface area contributed by atoms with Gasteiger partial charge in [-0.15, -0.1) is 0 Å². The fraction of sp³-hybridized carbons (Fsp3) is 1.00. The number of hydrogen-bond acceptors (Lipinski definition) is 2. The minimum Gasteiger partial charge on any atom is -0.329 e. The lowest BCUT2D eigenvalue weighted by Gasteiger charge is -2.55. The largest absolute Gasteiger partial charge is 0.329 e. The normalized spacial score (nSPS) is 38.0. The van der Waals surface area contributed by atoms with Gasteiger partial charge in [0.05, 0.1) is 0 Å². The summed E-state index contributed by atoms with van der Waals surface area (Å²) in [5, 5.41) is 0. The van der Waals surface area contributed by atoms with Crippen LogP contribution in [-0.2, 0) is 0 Å². The first-order valence-electron chi connectivity index (χ1n) is 6.61. The van der Waals surface area contributed by atoms with Gasteiger partial charge in [-0.25, -0.2) is 0 Å². The van der Waals surface area contributed by atoms with Crippen molar-refractivity contribution in [3.63, 3.8) is 0 Å². The Kier molecular flexibility index (Phi) is 3.36. The highest BCUT2D eigenvalue weighted by Crippen LogP contribution is 2.43. The molecule has 0 atom stereocenters. The van der Waals surface area contributed by atoms with Crippen molar-refractivity contribution in [3.05, 3.63) is 0 Å². The summed E-state index contributed by atoms with van der Waals surface area (Å²) in [6, 6.07) is 0.815. The first-order valence-corrected chi connectivity index (χ1v) is 6.61. The number of likely N-dealkylation sites (N-methyl/N-ethyl adjacent to an activating group) is 1. The van der Waals surface area contributed by atoms with Crippen molar-refractivity contribution in [2.24, 2.45) is 11.7 Å². The van der Waals surface area contributed by atoms with E-state index in [4.69, 9.17) is 5.73 Å². The fourth-order valence-electron chi connectivity index (χ4n) is 3.69. The van der Waals surface area contributed by atoms with E-state index in [2.05, 4.69) is 18.9 Å². The molecule has 0 saturated heterocycles. The van der Waals surface area contributed by atoms with Crippen molar-refractivity contribution in [2.75, 3.05) is 13.6 Å². The number of nitrogens with zero attached hydrogens (tertiary/aromatic N) is 1. The van der Waals surface area contributed by atoms with E-state index in [0.29, 0.717) is 5.54 Å². The van der Waals surface area contributed by atoms with Crippen LogP contribution < -0.4 is 5.73 Å². The van der Waals surface area contributed by atoms with Gasteiger partial charge >= 0.3 is 0 Å². The third-order valence-electron chi connectivity index (χ3n) is 4.71. The quantitative estimate of drug-likeness (QED) is 0.775. The van der Waals surface area contributed by atoms with Gasteiger partial charge in [0, 0.05) is 18.1 Å². The average Bonchev–Trinajstić information content (AvgIpc) is 2.25. The summed E-state index contributed by atoms with van der Waals surface area (Å²) in [6.45, 7) is 3.20. The molecule has 88 valence electrons. The van der Waals surface area contributed by atoms with Crippen molar-refractivity contribution in [1.29, 1.82) is 0 Å². The van der Waals surface area contributed by atoms with Crippen LogP contribution in [0.25, 0.3) is 0 Å². The maximum atomic E-state index is 6.00. The van der Waals surface area contributed by atoms with Gasteiger partial charge in [0.2, 0.25) is 0 Å². The molecule has 2 aliphatic rings. The molecule has 0 unspecified atom stereocenters. The van der Waals surface area contributed by atoms with Crippen LogP contribution >= 0.6 is 0 Å². The van der Waals surface area contributed by atoms with Crippen molar-refractivity contribution in [3.8, 4) is 0 Å². The van der Waals surface area contributed by atoms with Gasteiger partial charge in [0.15, 0.2) is 0 Å². The molecular weight excluding hydrogens is 184 g/mol. The SMILES string of the molecule is CC1CC(CN)(N(C)C2CCCCC2)C1. The van der Waals surface area contributed by atoms with E-state index < -0.39 is 0 Å². The zero-order valence-electron chi connectivity index (χ0n) is 10.3. The van der Waals surface area contributed by atoms with Gasteiger partial charge in [-0.3, -0.25) is 4.90 Å².